The molecule has 0 aliphatic carbocycles. The average molecular weight is 378 g/mol. The maximum absolute atomic E-state index is 12.6. The smallest absolute Gasteiger partial charge is 0.309 e. The minimum Gasteiger partial charge on any atom is -0.466 e. The van der Waals surface area contributed by atoms with Crippen LogP contribution in [0.4, 0.5) is 0 Å². The summed E-state index contributed by atoms with van der Waals surface area (Å²) in [4.78, 5) is 26.0. The third-order valence-corrected chi connectivity index (χ3v) is 5.60. The Balaban J connectivity index is 1.99. The summed E-state index contributed by atoms with van der Waals surface area (Å²) < 4.78 is 31.2. The lowest BCUT2D eigenvalue weighted by Gasteiger charge is -2.31. The Morgan fingerprint density at radius 3 is 2.42 bits per heavy atom. The number of nitrogens with zero attached hydrogens (tertiary/aromatic N) is 1. The molecule has 1 heterocycles. The van der Waals surface area contributed by atoms with Crippen molar-refractivity contribution in [2.75, 3.05) is 26.2 Å². The van der Waals surface area contributed by atoms with E-state index in [2.05, 4.69) is 10.6 Å². The zero-order valence-corrected chi connectivity index (χ0v) is 15.4. The van der Waals surface area contributed by atoms with Crippen LogP contribution in [-0.2, 0) is 19.6 Å². The molecule has 0 atom stereocenters. The number of sulfonamides is 1. The summed E-state index contributed by atoms with van der Waals surface area (Å²) in [5, 5.41) is 0. The van der Waals surface area contributed by atoms with Crippen LogP contribution in [0.5, 0.6) is 0 Å². The van der Waals surface area contributed by atoms with Crippen LogP contribution in [-0.4, -0.2) is 51.4 Å². The van der Waals surface area contributed by atoms with Crippen LogP contribution >= 0.6 is 0 Å². The topological polar surface area (TPSA) is 92.8 Å². The molecule has 1 aliphatic heterocycles. The predicted molar refractivity (Wildman–Crippen MR) is 95.7 cm³/mol. The zero-order valence-electron chi connectivity index (χ0n) is 14.6. The molecule has 0 radical (unpaired) electrons. The Labute approximate surface area is 153 Å². The van der Waals surface area contributed by atoms with Gasteiger partial charge in [0, 0.05) is 18.7 Å². The Hall–Kier alpha value is -2.37. The maximum atomic E-state index is 12.6. The normalized spacial score (nSPS) is 15.3. The molecule has 1 N–H and O–H groups in total. The minimum absolute atomic E-state index is 0.0466. The van der Waals surface area contributed by atoms with Crippen molar-refractivity contribution in [2.45, 2.75) is 24.7 Å². The predicted octanol–water partition coefficient (Wildman–Crippen LogP) is 1.01. The van der Waals surface area contributed by atoms with Crippen LogP contribution in [0.3, 0.4) is 0 Å². The average Bonchev–Trinajstić information content (AvgIpc) is 2.66. The van der Waals surface area contributed by atoms with Crippen molar-refractivity contribution in [3.05, 3.63) is 29.8 Å². The van der Waals surface area contributed by atoms with E-state index in [0.29, 0.717) is 38.1 Å². The fourth-order valence-electron chi connectivity index (χ4n) is 2.76. The van der Waals surface area contributed by atoms with Crippen LogP contribution in [0.25, 0.3) is 0 Å². The molecule has 0 saturated carbocycles. The highest BCUT2D eigenvalue weighted by Crippen LogP contribution is 2.21. The molecular formula is C18H22N2O5S. The van der Waals surface area contributed by atoms with Gasteiger partial charge in [-0.05, 0) is 44.0 Å². The van der Waals surface area contributed by atoms with Gasteiger partial charge >= 0.3 is 5.97 Å². The standard InChI is InChI=1S/C18H22N2O5S/c1-3-11-19-26(23,24)16-7-5-14(6-8-16)17(21)20-12-9-15(10-13-20)18(22)25-4-2/h1,5-8,15,19H,4,9-13H2,2H3. The summed E-state index contributed by atoms with van der Waals surface area (Å²) in [6, 6.07) is 5.70. The summed E-state index contributed by atoms with van der Waals surface area (Å²) in [7, 11) is -3.68. The van der Waals surface area contributed by atoms with Gasteiger partial charge < -0.3 is 9.64 Å². The summed E-state index contributed by atoms with van der Waals surface area (Å²) in [5.41, 5.74) is 0.399. The molecular weight excluding hydrogens is 356 g/mol. The van der Waals surface area contributed by atoms with Gasteiger partial charge in [-0.1, -0.05) is 5.92 Å². The van der Waals surface area contributed by atoms with Crippen LogP contribution in [0.15, 0.2) is 29.2 Å². The molecule has 1 saturated heterocycles. The van der Waals surface area contributed by atoms with E-state index in [1.54, 1.807) is 11.8 Å². The number of hydrogen-bond acceptors (Lipinski definition) is 5. The Kier molecular flexibility index (Phi) is 6.77. The van der Waals surface area contributed by atoms with E-state index >= 15 is 0 Å². The molecule has 2 rings (SSSR count). The van der Waals surface area contributed by atoms with Gasteiger partial charge in [0.05, 0.1) is 24.0 Å². The van der Waals surface area contributed by atoms with Crippen molar-refractivity contribution in [3.63, 3.8) is 0 Å². The van der Waals surface area contributed by atoms with Crippen molar-refractivity contribution in [1.82, 2.24) is 9.62 Å². The van der Waals surface area contributed by atoms with Crippen LogP contribution in [0.2, 0.25) is 0 Å². The molecule has 7 nitrogen and oxygen atoms in total. The lowest BCUT2D eigenvalue weighted by atomic mass is 9.96. The van der Waals surface area contributed by atoms with Gasteiger partial charge in [-0.25, -0.2) is 8.42 Å². The van der Waals surface area contributed by atoms with Gasteiger partial charge in [0.2, 0.25) is 10.0 Å². The lowest BCUT2D eigenvalue weighted by molar-refractivity contribution is -0.149. The van der Waals surface area contributed by atoms with Crippen molar-refractivity contribution >= 4 is 21.9 Å². The van der Waals surface area contributed by atoms with E-state index in [-0.39, 0.29) is 29.2 Å². The van der Waals surface area contributed by atoms with Crippen molar-refractivity contribution in [1.29, 1.82) is 0 Å². The first-order chi connectivity index (χ1) is 12.4. The number of piperidine rings is 1. The third kappa shape index (κ3) is 4.84. The molecule has 1 aromatic carbocycles. The molecule has 1 aromatic rings. The first-order valence-electron chi connectivity index (χ1n) is 8.38. The molecule has 26 heavy (non-hydrogen) atoms. The van der Waals surface area contributed by atoms with Crippen molar-refractivity contribution in [2.24, 2.45) is 5.92 Å². The minimum atomic E-state index is -3.68. The number of nitrogens with one attached hydrogen (secondary N) is 1. The Bertz CT molecular complexity index is 788. The van der Waals surface area contributed by atoms with E-state index in [9.17, 15) is 18.0 Å². The maximum Gasteiger partial charge on any atom is 0.309 e. The lowest BCUT2D eigenvalue weighted by Crippen LogP contribution is -2.40. The summed E-state index contributed by atoms with van der Waals surface area (Å²) >= 11 is 0. The quantitative estimate of drug-likeness (QED) is 0.589. The number of hydrogen-bond donors (Lipinski definition) is 1. The fourth-order valence-corrected chi connectivity index (χ4v) is 3.69. The summed E-state index contributed by atoms with van der Waals surface area (Å²) in [5.74, 6) is 1.63. The highest BCUT2D eigenvalue weighted by molar-refractivity contribution is 7.89. The van der Waals surface area contributed by atoms with Gasteiger partial charge in [-0.15, -0.1) is 6.42 Å². The van der Waals surface area contributed by atoms with Gasteiger partial charge in [0.15, 0.2) is 0 Å². The van der Waals surface area contributed by atoms with E-state index in [0.717, 1.165) is 0 Å². The largest absolute Gasteiger partial charge is 0.466 e. The first kappa shape index (κ1) is 19.9. The number of benzene rings is 1. The first-order valence-corrected chi connectivity index (χ1v) is 9.86. The highest BCUT2D eigenvalue weighted by Gasteiger charge is 2.28. The highest BCUT2D eigenvalue weighted by atomic mass is 32.2. The molecule has 1 aliphatic rings. The van der Waals surface area contributed by atoms with Gasteiger partial charge in [-0.2, -0.15) is 4.72 Å². The second-order valence-corrected chi connectivity index (χ2v) is 7.64. The van der Waals surface area contributed by atoms with Gasteiger partial charge in [-0.3, -0.25) is 9.59 Å². The molecule has 0 spiro atoms. The number of carbonyl (C=O) groups excluding carboxylic acids is 2. The SMILES string of the molecule is C#CCNS(=O)(=O)c1ccc(C(=O)N2CCC(C(=O)OCC)CC2)cc1. The monoisotopic (exact) mass is 378 g/mol. The number of esters is 1. The Morgan fingerprint density at radius 2 is 1.88 bits per heavy atom. The molecule has 0 aromatic heterocycles. The molecule has 1 amide bonds. The van der Waals surface area contributed by atoms with Crippen molar-refractivity contribution in [3.8, 4) is 12.3 Å². The molecule has 8 heteroatoms. The fraction of sp³-hybridized carbons (Fsp3) is 0.444. The van der Waals surface area contributed by atoms with E-state index in [1.807, 2.05) is 0 Å². The van der Waals surface area contributed by atoms with E-state index in [4.69, 9.17) is 11.2 Å². The Morgan fingerprint density at radius 1 is 1.27 bits per heavy atom. The van der Waals surface area contributed by atoms with Crippen LogP contribution in [0.1, 0.15) is 30.1 Å². The molecule has 1 fully saturated rings. The second-order valence-electron chi connectivity index (χ2n) is 5.87. The number of terminal acetylenes is 1. The van der Waals surface area contributed by atoms with Gasteiger partial charge in [0.1, 0.15) is 0 Å². The number of amides is 1. The third-order valence-electron chi connectivity index (χ3n) is 4.18. The summed E-state index contributed by atoms with van der Waals surface area (Å²) in [6.07, 6.45) is 6.17. The second kappa shape index (κ2) is 8.83. The van der Waals surface area contributed by atoms with Crippen LogP contribution in [0, 0.1) is 18.3 Å². The van der Waals surface area contributed by atoms with Crippen molar-refractivity contribution < 1.29 is 22.7 Å². The molecule has 0 bridgehead atoms. The van der Waals surface area contributed by atoms with Gasteiger partial charge in [0.25, 0.3) is 5.91 Å². The zero-order chi connectivity index (χ0) is 19.2. The number of likely N-dealkylation sites (tertiary alicyclic amines) is 1. The summed E-state index contributed by atoms with van der Waals surface area (Å²) in [6.45, 7) is 2.95. The number of rotatable bonds is 6. The van der Waals surface area contributed by atoms with E-state index < -0.39 is 10.0 Å². The number of carbonyl (C=O) groups is 2. The molecule has 0 unspecified atom stereocenters. The number of ether oxygens (including phenoxy) is 1. The van der Waals surface area contributed by atoms with Crippen LogP contribution < -0.4 is 4.72 Å². The molecule has 140 valence electrons. The van der Waals surface area contributed by atoms with E-state index in [1.165, 1.54) is 24.3 Å².